The molecular weight excluding hydrogens is 410 g/mol. The zero-order valence-corrected chi connectivity index (χ0v) is 17.6. The first-order valence-corrected chi connectivity index (χ1v) is 9.55. The minimum Gasteiger partial charge on any atom is -0.435 e. The summed E-state index contributed by atoms with van der Waals surface area (Å²) in [6, 6.07) is 13.4. The minimum absolute atomic E-state index is 0.0246. The Morgan fingerprint density at radius 1 is 1.12 bits per heavy atom. The van der Waals surface area contributed by atoms with Gasteiger partial charge < -0.3 is 25.1 Å². The molecule has 4 aromatic rings. The molecule has 0 bridgehead atoms. The summed E-state index contributed by atoms with van der Waals surface area (Å²) in [7, 11) is 3.34. The average Bonchev–Trinajstić information content (AvgIpc) is 3.15. The van der Waals surface area contributed by atoms with Gasteiger partial charge in [0.2, 0.25) is 0 Å². The van der Waals surface area contributed by atoms with Gasteiger partial charge in [-0.1, -0.05) is 6.07 Å². The predicted molar refractivity (Wildman–Crippen MR) is 117 cm³/mol. The Hall–Kier alpha value is -4.65. The highest BCUT2D eigenvalue weighted by atomic mass is 16.5. The van der Waals surface area contributed by atoms with Crippen molar-refractivity contribution in [1.29, 1.82) is 5.26 Å². The molecular formula is C22H19N7O3. The smallest absolute Gasteiger partial charge is 0.327 e. The number of benzene rings is 2. The number of aromatic amines is 1. The summed E-state index contributed by atoms with van der Waals surface area (Å²) in [5, 5.41) is 9.16. The van der Waals surface area contributed by atoms with Gasteiger partial charge in [-0.2, -0.15) is 15.2 Å². The molecule has 10 heteroatoms. The van der Waals surface area contributed by atoms with E-state index in [2.05, 4.69) is 19.9 Å². The van der Waals surface area contributed by atoms with Crippen molar-refractivity contribution in [3.63, 3.8) is 0 Å². The number of anilines is 1. The van der Waals surface area contributed by atoms with Crippen LogP contribution >= 0.6 is 0 Å². The third-order valence-electron chi connectivity index (χ3n) is 4.46. The van der Waals surface area contributed by atoms with Gasteiger partial charge in [0.25, 0.3) is 11.8 Å². The van der Waals surface area contributed by atoms with Gasteiger partial charge in [-0.3, -0.25) is 4.79 Å². The number of nitrogens with two attached hydrogens (primary N) is 1. The quantitative estimate of drug-likeness (QED) is 0.460. The summed E-state index contributed by atoms with van der Waals surface area (Å²) in [6.07, 6.45) is 0. The molecule has 32 heavy (non-hydrogen) atoms. The van der Waals surface area contributed by atoms with Gasteiger partial charge in [-0.05, 0) is 37.3 Å². The van der Waals surface area contributed by atoms with Gasteiger partial charge in [0, 0.05) is 25.7 Å². The number of H-pyrrole nitrogens is 1. The van der Waals surface area contributed by atoms with Crippen molar-refractivity contribution in [2.75, 3.05) is 19.8 Å². The van der Waals surface area contributed by atoms with Crippen LogP contribution in [0, 0.1) is 18.3 Å². The van der Waals surface area contributed by atoms with E-state index in [-0.39, 0.29) is 23.5 Å². The lowest BCUT2D eigenvalue weighted by atomic mass is 10.2. The van der Waals surface area contributed by atoms with Gasteiger partial charge in [-0.15, -0.1) is 0 Å². The van der Waals surface area contributed by atoms with E-state index in [0.717, 1.165) is 0 Å². The van der Waals surface area contributed by atoms with Gasteiger partial charge in [0.05, 0.1) is 17.3 Å². The summed E-state index contributed by atoms with van der Waals surface area (Å²) < 4.78 is 11.7. The number of aromatic nitrogens is 4. The molecule has 2 heterocycles. The van der Waals surface area contributed by atoms with E-state index in [1.807, 2.05) is 6.07 Å². The lowest BCUT2D eigenvalue weighted by Crippen LogP contribution is -2.21. The number of nitrogen functional groups attached to an aromatic ring is 1. The summed E-state index contributed by atoms with van der Waals surface area (Å²) in [5.74, 6) is 1.22. The fraction of sp³-hybridized carbons (Fsp3) is 0.136. The molecule has 4 rings (SSSR count). The molecule has 0 saturated heterocycles. The lowest BCUT2D eigenvalue weighted by molar-refractivity contribution is 0.0827. The number of hydrogen-bond acceptors (Lipinski definition) is 8. The van der Waals surface area contributed by atoms with Crippen molar-refractivity contribution in [1.82, 2.24) is 24.8 Å². The Morgan fingerprint density at radius 3 is 2.69 bits per heavy atom. The molecule has 0 atom stereocenters. The molecule has 3 N–H and O–H groups in total. The van der Waals surface area contributed by atoms with Crippen molar-refractivity contribution < 1.29 is 14.3 Å². The maximum absolute atomic E-state index is 12.2. The van der Waals surface area contributed by atoms with Gasteiger partial charge in [0.15, 0.2) is 11.4 Å². The van der Waals surface area contributed by atoms with E-state index in [1.54, 1.807) is 57.4 Å². The number of hydrogen-bond donors (Lipinski definition) is 2. The van der Waals surface area contributed by atoms with Gasteiger partial charge in [-0.25, -0.2) is 4.98 Å². The van der Waals surface area contributed by atoms with Crippen LogP contribution in [0.25, 0.3) is 11.2 Å². The van der Waals surface area contributed by atoms with Crippen LogP contribution in [-0.4, -0.2) is 44.8 Å². The number of amides is 1. The summed E-state index contributed by atoms with van der Waals surface area (Å²) >= 11 is 0. The Kier molecular flexibility index (Phi) is 5.30. The van der Waals surface area contributed by atoms with Gasteiger partial charge in [0.1, 0.15) is 17.1 Å². The highest BCUT2D eigenvalue weighted by molar-refractivity contribution is 5.94. The van der Waals surface area contributed by atoms with E-state index < -0.39 is 0 Å². The summed E-state index contributed by atoms with van der Waals surface area (Å²) in [4.78, 5) is 29.8. The zero-order valence-electron chi connectivity index (χ0n) is 17.6. The molecule has 0 spiro atoms. The highest BCUT2D eigenvalue weighted by Gasteiger charge is 2.17. The highest BCUT2D eigenvalue weighted by Crippen LogP contribution is 2.33. The van der Waals surface area contributed by atoms with Crippen LogP contribution < -0.4 is 15.2 Å². The summed E-state index contributed by atoms with van der Waals surface area (Å²) in [6.45, 7) is 1.77. The number of carbonyl (C=O) groups excluding carboxylic acids is 1. The molecule has 0 radical (unpaired) electrons. The second-order valence-electron chi connectivity index (χ2n) is 7.13. The molecule has 1 amide bonds. The number of imidazole rings is 1. The molecule has 160 valence electrons. The maximum atomic E-state index is 12.2. The Morgan fingerprint density at radius 2 is 1.94 bits per heavy atom. The van der Waals surface area contributed by atoms with Crippen LogP contribution in [0.2, 0.25) is 0 Å². The fourth-order valence-corrected chi connectivity index (χ4v) is 2.94. The second-order valence-corrected chi connectivity index (χ2v) is 7.13. The van der Waals surface area contributed by atoms with Crippen molar-refractivity contribution >= 4 is 22.8 Å². The number of fused-ring (bicyclic) bond motifs is 1. The molecule has 10 nitrogen and oxygen atoms in total. The number of rotatable bonds is 5. The first-order valence-electron chi connectivity index (χ1n) is 9.55. The Labute approximate surface area is 183 Å². The molecule has 0 aliphatic rings. The molecule has 0 fully saturated rings. The molecule has 0 aliphatic heterocycles. The molecule has 0 saturated carbocycles. The van der Waals surface area contributed by atoms with Crippen LogP contribution in [0.1, 0.15) is 21.7 Å². The zero-order chi connectivity index (χ0) is 22.8. The number of nitrogens with zero attached hydrogens (tertiary/aromatic N) is 5. The summed E-state index contributed by atoms with van der Waals surface area (Å²) in [5.41, 5.74) is 7.97. The van der Waals surface area contributed by atoms with Crippen LogP contribution in [0.4, 0.5) is 5.69 Å². The van der Waals surface area contributed by atoms with Crippen molar-refractivity contribution in [2.24, 2.45) is 0 Å². The average molecular weight is 429 g/mol. The van der Waals surface area contributed by atoms with E-state index in [1.165, 1.54) is 11.0 Å². The number of nitrogens with one attached hydrogen (secondary N) is 1. The standard InChI is InChI=1S/C22H19N7O3/c1-12-25-18-19(26-12)27-22(31-15-6-4-5-14(10-15)21(30)29(2)3)28-20(18)32-17-9-13(11-23)7-8-16(17)24/h4-10H,24H2,1-3H3,(H,25,26,27,28). The minimum atomic E-state index is -0.161. The van der Waals surface area contributed by atoms with Gasteiger partial charge >= 0.3 is 6.01 Å². The SMILES string of the molecule is Cc1nc2nc(Oc3cccc(C(=O)N(C)C)c3)nc(Oc3cc(C#N)ccc3N)c2[nH]1. The lowest BCUT2D eigenvalue weighted by Gasteiger charge is -2.12. The molecule has 0 aliphatic carbocycles. The van der Waals surface area contributed by atoms with Crippen molar-refractivity contribution in [2.45, 2.75) is 6.92 Å². The topological polar surface area (TPSA) is 143 Å². The largest absolute Gasteiger partial charge is 0.435 e. The fourth-order valence-electron chi connectivity index (χ4n) is 2.94. The molecule has 2 aromatic heterocycles. The van der Waals surface area contributed by atoms with E-state index in [9.17, 15) is 4.79 Å². The molecule has 0 unspecified atom stereocenters. The number of carbonyl (C=O) groups is 1. The maximum Gasteiger partial charge on any atom is 0.327 e. The van der Waals surface area contributed by atoms with E-state index in [0.29, 0.717) is 39.6 Å². The normalized spacial score (nSPS) is 10.6. The van der Waals surface area contributed by atoms with Crippen LogP contribution in [0.5, 0.6) is 23.4 Å². The third-order valence-corrected chi connectivity index (χ3v) is 4.46. The number of aryl methyl sites for hydroxylation is 1. The van der Waals surface area contributed by atoms with E-state index >= 15 is 0 Å². The van der Waals surface area contributed by atoms with Crippen molar-refractivity contribution in [3.05, 3.63) is 59.4 Å². The Bertz CT molecular complexity index is 1370. The monoisotopic (exact) mass is 429 g/mol. The first-order chi connectivity index (χ1) is 15.3. The van der Waals surface area contributed by atoms with Crippen LogP contribution in [-0.2, 0) is 0 Å². The van der Waals surface area contributed by atoms with Crippen LogP contribution in [0.3, 0.4) is 0 Å². The predicted octanol–water partition coefficient (Wildman–Crippen LogP) is 3.40. The first kappa shape index (κ1) is 20.6. The van der Waals surface area contributed by atoms with Crippen molar-refractivity contribution in [3.8, 4) is 29.5 Å². The number of ether oxygens (including phenoxy) is 2. The van der Waals surface area contributed by atoms with Crippen LogP contribution in [0.15, 0.2) is 42.5 Å². The van der Waals surface area contributed by atoms with E-state index in [4.69, 9.17) is 20.5 Å². The number of nitriles is 1. The Balaban J connectivity index is 1.73. The molecule has 2 aromatic carbocycles. The third kappa shape index (κ3) is 4.13. The second kappa shape index (κ2) is 8.23.